The van der Waals surface area contributed by atoms with Gasteiger partial charge in [-0.05, 0) is 45.9 Å². The van der Waals surface area contributed by atoms with Crippen molar-refractivity contribution >= 4 is 11.7 Å². The Labute approximate surface area is 179 Å². The molecular formula is C23H44N4O2. The monoisotopic (exact) mass is 408 g/mol. The van der Waals surface area contributed by atoms with Crippen molar-refractivity contribution in [2.45, 2.75) is 61.0 Å². The molecule has 6 nitrogen and oxygen atoms in total. The Morgan fingerprint density at radius 2 is 1.93 bits per heavy atom. The fourth-order valence-electron chi connectivity index (χ4n) is 3.01. The first kappa shape index (κ1) is 27.3. The second-order valence-electron chi connectivity index (χ2n) is 6.50. The van der Waals surface area contributed by atoms with Crippen molar-refractivity contribution in [1.82, 2.24) is 9.80 Å². The fourth-order valence-corrected chi connectivity index (χ4v) is 3.01. The van der Waals surface area contributed by atoms with Crippen molar-refractivity contribution in [3.63, 3.8) is 0 Å². The Morgan fingerprint density at radius 1 is 1.24 bits per heavy atom. The van der Waals surface area contributed by atoms with Crippen LogP contribution in [0, 0.1) is 0 Å². The molecule has 0 N–H and O–H groups in total. The summed E-state index contributed by atoms with van der Waals surface area (Å²) in [7, 11) is 3.86. The van der Waals surface area contributed by atoms with Crippen LogP contribution in [0.1, 0.15) is 54.9 Å². The van der Waals surface area contributed by atoms with Gasteiger partial charge in [0, 0.05) is 33.3 Å². The molecule has 6 heteroatoms. The lowest BCUT2D eigenvalue weighted by molar-refractivity contribution is 0.154. The zero-order chi connectivity index (χ0) is 22.2. The summed E-state index contributed by atoms with van der Waals surface area (Å²) in [5, 5.41) is 0. The lowest BCUT2D eigenvalue weighted by Crippen LogP contribution is -2.41. The van der Waals surface area contributed by atoms with E-state index >= 15 is 0 Å². The van der Waals surface area contributed by atoms with Gasteiger partial charge in [-0.1, -0.05) is 33.8 Å². The van der Waals surface area contributed by atoms with E-state index in [1.807, 2.05) is 34.6 Å². The maximum Gasteiger partial charge on any atom is 0.153 e. The minimum atomic E-state index is -0.133. The Hall–Kier alpha value is -1.66. The predicted octanol–water partition coefficient (Wildman–Crippen LogP) is 4.39. The zero-order valence-corrected chi connectivity index (χ0v) is 20.3. The molecule has 168 valence electrons. The lowest BCUT2D eigenvalue weighted by Gasteiger charge is -2.30. The predicted molar refractivity (Wildman–Crippen MR) is 126 cm³/mol. The molecule has 0 aromatic carbocycles. The molecule has 0 amide bonds. The molecule has 0 bridgehead atoms. The molecule has 0 aromatic rings. The van der Waals surface area contributed by atoms with Gasteiger partial charge in [0.2, 0.25) is 0 Å². The van der Waals surface area contributed by atoms with E-state index in [4.69, 9.17) is 14.5 Å². The van der Waals surface area contributed by atoms with Crippen molar-refractivity contribution in [3.8, 4) is 0 Å². The van der Waals surface area contributed by atoms with Gasteiger partial charge in [0.05, 0.1) is 13.2 Å². The van der Waals surface area contributed by atoms with Gasteiger partial charge in [-0.2, -0.15) is 0 Å². The third-order valence-corrected chi connectivity index (χ3v) is 4.54. The van der Waals surface area contributed by atoms with Crippen molar-refractivity contribution in [2.75, 3.05) is 53.5 Å². The van der Waals surface area contributed by atoms with Crippen LogP contribution >= 0.6 is 0 Å². The number of rotatable bonds is 5. The van der Waals surface area contributed by atoms with Crippen LogP contribution in [0.15, 0.2) is 33.5 Å². The number of likely N-dealkylation sites (N-methyl/N-ethyl adjacent to an activating group) is 2. The Kier molecular flexibility index (Phi) is 15.2. The first-order valence-corrected chi connectivity index (χ1v) is 11.1. The average Bonchev–Trinajstić information content (AvgIpc) is 2.82. The Morgan fingerprint density at radius 3 is 2.48 bits per heavy atom. The summed E-state index contributed by atoms with van der Waals surface area (Å²) < 4.78 is 11.6. The van der Waals surface area contributed by atoms with Crippen LogP contribution in [0.25, 0.3) is 0 Å². The first-order chi connectivity index (χ1) is 14.0. The van der Waals surface area contributed by atoms with Crippen LogP contribution < -0.4 is 0 Å². The Bertz CT molecular complexity index is 567. The molecule has 0 saturated heterocycles. The topological polar surface area (TPSA) is 49.7 Å². The third-order valence-electron chi connectivity index (χ3n) is 4.54. The maximum atomic E-state index is 6.36. The summed E-state index contributed by atoms with van der Waals surface area (Å²) in [5.41, 5.74) is 1.28. The van der Waals surface area contributed by atoms with E-state index in [1.165, 1.54) is 5.57 Å². The second kappa shape index (κ2) is 16.2. The number of hydrogen-bond donors (Lipinski definition) is 0. The zero-order valence-electron chi connectivity index (χ0n) is 20.3. The van der Waals surface area contributed by atoms with E-state index in [0.717, 1.165) is 50.0 Å². The third kappa shape index (κ3) is 9.59. The highest BCUT2D eigenvalue weighted by atomic mass is 16.5. The van der Waals surface area contributed by atoms with Gasteiger partial charge in [0.25, 0.3) is 0 Å². The molecule has 1 atom stereocenters. The van der Waals surface area contributed by atoms with Gasteiger partial charge in [-0.25, -0.2) is 4.99 Å². The standard InChI is InChI=1S/C19H32N4O2.2C2H6/c1-6-23(13-14-24-5)19-15(2)25-18(7-10-20-16(3)21-19)17-8-11-22(4)12-9-17;2*1-2/h7-8,15H,6,9-14H2,1-5H3;2*1-2H3/b18-7-,20-16?,21-19?;;. The normalized spacial score (nSPS) is 21.6. The molecule has 2 rings (SSSR count). The quantitative estimate of drug-likeness (QED) is 0.677. The van der Waals surface area contributed by atoms with Crippen LogP contribution in [0.4, 0.5) is 0 Å². The van der Waals surface area contributed by atoms with E-state index in [2.05, 4.69) is 47.8 Å². The molecular weight excluding hydrogens is 364 g/mol. The second-order valence-corrected chi connectivity index (χ2v) is 6.50. The van der Waals surface area contributed by atoms with Crippen LogP contribution in [-0.2, 0) is 9.47 Å². The highest BCUT2D eigenvalue weighted by molar-refractivity contribution is 5.98. The minimum Gasteiger partial charge on any atom is -0.483 e. The van der Waals surface area contributed by atoms with Gasteiger partial charge >= 0.3 is 0 Å². The highest BCUT2D eigenvalue weighted by Crippen LogP contribution is 2.22. The van der Waals surface area contributed by atoms with Crippen LogP contribution in [0.2, 0.25) is 0 Å². The SMILES string of the molecule is CC.CC.CCN(CCOC)C1=NC(C)=NC/C=C(/C2=CCN(C)CC2)OC1C. The number of methoxy groups -OCH3 is 1. The van der Waals surface area contributed by atoms with Crippen molar-refractivity contribution < 1.29 is 9.47 Å². The molecule has 29 heavy (non-hydrogen) atoms. The summed E-state index contributed by atoms with van der Waals surface area (Å²) in [5.74, 6) is 2.66. The summed E-state index contributed by atoms with van der Waals surface area (Å²) in [6.45, 7) is 19.1. The van der Waals surface area contributed by atoms with Crippen molar-refractivity contribution in [2.24, 2.45) is 9.98 Å². The van der Waals surface area contributed by atoms with Crippen LogP contribution in [0.3, 0.4) is 0 Å². The lowest BCUT2D eigenvalue weighted by atomic mass is 10.1. The molecule has 2 aliphatic heterocycles. The van der Waals surface area contributed by atoms with Crippen LogP contribution in [-0.4, -0.2) is 81.1 Å². The van der Waals surface area contributed by atoms with Gasteiger partial charge in [0.15, 0.2) is 6.10 Å². The summed E-state index contributed by atoms with van der Waals surface area (Å²) in [6, 6.07) is 0. The Balaban J connectivity index is 0.00000184. The fraction of sp³-hybridized carbons (Fsp3) is 0.739. The average molecular weight is 409 g/mol. The van der Waals surface area contributed by atoms with Crippen molar-refractivity contribution in [3.05, 3.63) is 23.5 Å². The van der Waals surface area contributed by atoms with E-state index in [1.54, 1.807) is 7.11 Å². The number of hydrogen-bond acceptors (Lipinski definition) is 6. The molecule has 0 saturated carbocycles. The molecule has 2 heterocycles. The van der Waals surface area contributed by atoms with E-state index in [0.29, 0.717) is 13.2 Å². The van der Waals surface area contributed by atoms with Crippen LogP contribution in [0.5, 0.6) is 0 Å². The molecule has 0 aliphatic carbocycles. The number of aliphatic imine (C=N–C) groups is 2. The van der Waals surface area contributed by atoms with E-state index < -0.39 is 0 Å². The summed E-state index contributed by atoms with van der Waals surface area (Å²) >= 11 is 0. The molecule has 0 spiro atoms. The molecule has 2 aliphatic rings. The smallest absolute Gasteiger partial charge is 0.153 e. The van der Waals surface area contributed by atoms with Crippen molar-refractivity contribution in [1.29, 1.82) is 0 Å². The number of nitrogens with zero attached hydrogens (tertiary/aromatic N) is 4. The largest absolute Gasteiger partial charge is 0.483 e. The molecule has 1 unspecified atom stereocenters. The van der Waals surface area contributed by atoms with E-state index in [9.17, 15) is 0 Å². The summed E-state index contributed by atoms with van der Waals surface area (Å²) in [4.78, 5) is 13.8. The maximum absolute atomic E-state index is 6.36. The van der Waals surface area contributed by atoms with Gasteiger partial charge < -0.3 is 19.3 Å². The number of ether oxygens (including phenoxy) is 2. The number of amidine groups is 2. The van der Waals surface area contributed by atoms with Gasteiger partial charge in [-0.15, -0.1) is 0 Å². The molecule has 0 aromatic heterocycles. The van der Waals surface area contributed by atoms with E-state index in [-0.39, 0.29) is 6.10 Å². The molecule has 0 radical (unpaired) electrons. The molecule has 0 fully saturated rings. The number of allylic oxidation sites excluding steroid dienone is 1. The van der Waals surface area contributed by atoms with Gasteiger partial charge in [-0.3, -0.25) is 4.99 Å². The van der Waals surface area contributed by atoms with Gasteiger partial charge in [0.1, 0.15) is 17.4 Å². The minimum absolute atomic E-state index is 0.133. The first-order valence-electron chi connectivity index (χ1n) is 11.1. The highest BCUT2D eigenvalue weighted by Gasteiger charge is 2.23. The summed E-state index contributed by atoms with van der Waals surface area (Å²) in [6.07, 6.45) is 5.22.